The minimum absolute atomic E-state index is 0.0616. The first-order chi connectivity index (χ1) is 13.3. The van der Waals surface area contributed by atoms with E-state index in [1.165, 1.54) is 11.3 Å². The van der Waals surface area contributed by atoms with E-state index in [1.807, 2.05) is 13.8 Å². The maximum atomic E-state index is 12.7. The van der Waals surface area contributed by atoms with Crippen molar-refractivity contribution in [3.8, 4) is 0 Å². The molecule has 0 unspecified atom stereocenters. The molecule has 1 aromatic heterocycles. The Morgan fingerprint density at radius 1 is 1.25 bits per heavy atom. The molecule has 0 bridgehead atoms. The zero-order valence-corrected chi connectivity index (χ0v) is 18.4. The topological polar surface area (TPSA) is 74.3 Å². The van der Waals surface area contributed by atoms with Gasteiger partial charge in [0.15, 0.2) is 0 Å². The lowest BCUT2D eigenvalue weighted by molar-refractivity contribution is 0.0948. The minimum Gasteiger partial charge on any atom is -0.351 e. The van der Waals surface area contributed by atoms with E-state index in [-0.39, 0.29) is 18.0 Å². The van der Waals surface area contributed by atoms with Crippen molar-refractivity contribution in [3.63, 3.8) is 0 Å². The van der Waals surface area contributed by atoms with Crippen molar-refractivity contribution in [2.75, 3.05) is 11.9 Å². The van der Waals surface area contributed by atoms with Gasteiger partial charge >= 0.3 is 6.03 Å². The molecule has 2 rings (SSSR count). The lowest BCUT2D eigenvalue weighted by Gasteiger charge is -2.26. The number of carbonyl (C=O) groups excluding carboxylic acids is 2. The highest BCUT2D eigenvalue weighted by molar-refractivity contribution is 7.09. The van der Waals surface area contributed by atoms with Crippen LogP contribution in [0.1, 0.15) is 49.1 Å². The van der Waals surface area contributed by atoms with E-state index in [1.54, 1.807) is 28.5 Å². The number of aromatic nitrogens is 1. The molecule has 1 aromatic carbocycles. The number of rotatable bonds is 8. The van der Waals surface area contributed by atoms with Gasteiger partial charge in [-0.05, 0) is 38.5 Å². The van der Waals surface area contributed by atoms with E-state index in [9.17, 15) is 9.59 Å². The van der Waals surface area contributed by atoms with Gasteiger partial charge in [-0.15, -0.1) is 11.3 Å². The maximum absolute atomic E-state index is 12.7. The molecule has 0 aliphatic heterocycles. The number of halogens is 2. The number of urea groups is 1. The molecular weight excluding hydrogens is 419 g/mol. The lowest BCUT2D eigenvalue weighted by atomic mass is 10.3. The van der Waals surface area contributed by atoms with Crippen molar-refractivity contribution in [2.24, 2.45) is 0 Å². The molecule has 2 aromatic rings. The van der Waals surface area contributed by atoms with Crippen LogP contribution in [0.4, 0.5) is 10.5 Å². The SMILES string of the molecule is CCCCNC(=O)c1csc(CN(C(=O)Nc2ccc(Cl)c(Cl)c2)C(C)C)n1. The number of carbonyl (C=O) groups is 2. The summed E-state index contributed by atoms with van der Waals surface area (Å²) in [6.07, 6.45) is 1.94. The highest BCUT2D eigenvalue weighted by Crippen LogP contribution is 2.25. The van der Waals surface area contributed by atoms with Gasteiger partial charge in [0.05, 0.1) is 16.6 Å². The maximum Gasteiger partial charge on any atom is 0.322 e. The molecule has 0 atom stereocenters. The summed E-state index contributed by atoms with van der Waals surface area (Å²) < 4.78 is 0. The Kier molecular flexibility index (Phi) is 8.54. The third kappa shape index (κ3) is 6.36. The van der Waals surface area contributed by atoms with Gasteiger partial charge in [-0.25, -0.2) is 9.78 Å². The number of anilines is 1. The van der Waals surface area contributed by atoms with Crippen molar-refractivity contribution in [3.05, 3.63) is 44.3 Å². The molecule has 0 radical (unpaired) electrons. The number of benzene rings is 1. The van der Waals surface area contributed by atoms with Crippen molar-refractivity contribution >= 4 is 52.2 Å². The summed E-state index contributed by atoms with van der Waals surface area (Å²) in [4.78, 5) is 30.8. The smallest absolute Gasteiger partial charge is 0.322 e. The van der Waals surface area contributed by atoms with E-state index in [2.05, 4.69) is 22.5 Å². The highest BCUT2D eigenvalue weighted by atomic mass is 35.5. The Bertz CT molecular complexity index is 826. The molecule has 0 fully saturated rings. The van der Waals surface area contributed by atoms with Crippen LogP contribution in [-0.2, 0) is 6.54 Å². The van der Waals surface area contributed by atoms with Gasteiger partial charge in [-0.2, -0.15) is 0 Å². The van der Waals surface area contributed by atoms with Crippen molar-refractivity contribution in [2.45, 2.75) is 46.2 Å². The fraction of sp³-hybridized carbons (Fsp3) is 0.421. The Labute approximate surface area is 179 Å². The summed E-state index contributed by atoms with van der Waals surface area (Å²) in [6, 6.07) is 4.57. The molecule has 0 aliphatic carbocycles. The summed E-state index contributed by atoms with van der Waals surface area (Å²) in [5.41, 5.74) is 0.935. The number of amides is 3. The second kappa shape index (κ2) is 10.6. The number of thiazole rings is 1. The standard InChI is InChI=1S/C19H24Cl2N4O2S/c1-4-5-8-22-18(26)16-11-28-17(24-16)10-25(12(2)3)19(27)23-13-6-7-14(20)15(21)9-13/h6-7,9,11-12H,4-5,8,10H2,1-3H3,(H,22,26)(H,23,27). The Hall–Kier alpha value is -1.83. The largest absolute Gasteiger partial charge is 0.351 e. The lowest BCUT2D eigenvalue weighted by Crippen LogP contribution is -2.39. The molecule has 0 saturated heterocycles. The van der Waals surface area contributed by atoms with E-state index < -0.39 is 0 Å². The van der Waals surface area contributed by atoms with Crippen LogP contribution in [0.2, 0.25) is 10.0 Å². The molecule has 0 aliphatic rings. The molecule has 9 heteroatoms. The van der Waals surface area contributed by atoms with Crippen molar-refractivity contribution < 1.29 is 9.59 Å². The fourth-order valence-electron chi connectivity index (χ4n) is 2.36. The van der Waals surface area contributed by atoms with Crippen LogP contribution in [0, 0.1) is 0 Å². The summed E-state index contributed by atoms with van der Waals surface area (Å²) in [5, 5.41) is 8.86. The average molecular weight is 443 g/mol. The van der Waals surface area contributed by atoms with Gasteiger partial charge in [-0.1, -0.05) is 36.5 Å². The van der Waals surface area contributed by atoms with Gasteiger partial charge in [0.2, 0.25) is 0 Å². The molecule has 3 amide bonds. The van der Waals surface area contributed by atoms with Crippen LogP contribution in [0.5, 0.6) is 0 Å². The van der Waals surface area contributed by atoms with Crippen LogP contribution < -0.4 is 10.6 Å². The van der Waals surface area contributed by atoms with Gasteiger partial charge in [-0.3, -0.25) is 4.79 Å². The number of nitrogens with zero attached hydrogens (tertiary/aromatic N) is 2. The number of hydrogen-bond acceptors (Lipinski definition) is 4. The van der Waals surface area contributed by atoms with E-state index in [0.29, 0.717) is 39.5 Å². The normalized spacial score (nSPS) is 10.8. The summed E-state index contributed by atoms with van der Waals surface area (Å²) in [7, 11) is 0. The first-order valence-electron chi connectivity index (χ1n) is 9.07. The quantitative estimate of drug-likeness (QED) is 0.535. The van der Waals surface area contributed by atoms with Crippen LogP contribution in [0.25, 0.3) is 0 Å². The molecule has 0 spiro atoms. The summed E-state index contributed by atoms with van der Waals surface area (Å²) in [6.45, 7) is 6.83. The van der Waals surface area contributed by atoms with Gasteiger partial charge in [0.25, 0.3) is 5.91 Å². The number of unbranched alkanes of at least 4 members (excludes halogenated alkanes) is 1. The third-order valence-corrected chi connectivity index (χ3v) is 5.53. The minimum atomic E-state index is -0.280. The van der Waals surface area contributed by atoms with Gasteiger partial charge < -0.3 is 15.5 Å². The predicted octanol–water partition coefficient (Wildman–Crippen LogP) is 5.42. The second-order valence-electron chi connectivity index (χ2n) is 6.52. The monoisotopic (exact) mass is 442 g/mol. The van der Waals surface area contributed by atoms with Crippen LogP contribution in [-0.4, -0.2) is 34.4 Å². The Morgan fingerprint density at radius 3 is 2.64 bits per heavy atom. The van der Waals surface area contributed by atoms with Crippen LogP contribution >= 0.6 is 34.5 Å². The molecule has 28 heavy (non-hydrogen) atoms. The fourth-order valence-corrected chi connectivity index (χ4v) is 3.43. The predicted molar refractivity (Wildman–Crippen MR) is 116 cm³/mol. The van der Waals surface area contributed by atoms with Crippen LogP contribution in [0.15, 0.2) is 23.6 Å². The average Bonchev–Trinajstić information content (AvgIpc) is 3.11. The molecular formula is C19H24Cl2N4O2S. The third-order valence-electron chi connectivity index (χ3n) is 3.96. The van der Waals surface area contributed by atoms with E-state index in [4.69, 9.17) is 23.2 Å². The van der Waals surface area contributed by atoms with E-state index in [0.717, 1.165) is 12.8 Å². The summed E-state index contributed by atoms with van der Waals surface area (Å²) >= 11 is 13.3. The molecule has 0 saturated carbocycles. The zero-order valence-electron chi connectivity index (χ0n) is 16.1. The molecule has 6 nitrogen and oxygen atoms in total. The van der Waals surface area contributed by atoms with Crippen molar-refractivity contribution in [1.82, 2.24) is 15.2 Å². The first-order valence-corrected chi connectivity index (χ1v) is 10.7. The molecule has 1 heterocycles. The summed E-state index contributed by atoms with van der Waals surface area (Å²) in [5.74, 6) is -0.188. The van der Waals surface area contributed by atoms with Crippen molar-refractivity contribution in [1.29, 1.82) is 0 Å². The number of nitrogens with one attached hydrogen (secondary N) is 2. The first kappa shape index (κ1) is 22.5. The zero-order chi connectivity index (χ0) is 20.7. The van der Waals surface area contributed by atoms with E-state index >= 15 is 0 Å². The Balaban J connectivity index is 2.03. The highest BCUT2D eigenvalue weighted by Gasteiger charge is 2.20. The van der Waals surface area contributed by atoms with Gasteiger partial charge in [0, 0.05) is 23.7 Å². The van der Waals surface area contributed by atoms with Gasteiger partial charge in [0.1, 0.15) is 10.7 Å². The number of hydrogen-bond donors (Lipinski definition) is 2. The van der Waals surface area contributed by atoms with Crippen LogP contribution in [0.3, 0.4) is 0 Å². The Morgan fingerprint density at radius 2 is 2.00 bits per heavy atom. The molecule has 152 valence electrons. The second-order valence-corrected chi connectivity index (χ2v) is 8.27. The molecule has 2 N–H and O–H groups in total.